The van der Waals surface area contributed by atoms with Crippen molar-refractivity contribution in [2.45, 2.75) is 30.8 Å². The lowest BCUT2D eigenvalue weighted by molar-refractivity contribution is 0.0369. The Balaban J connectivity index is 1.17. The van der Waals surface area contributed by atoms with Gasteiger partial charge in [0, 0.05) is 26.2 Å². The van der Waals surface area contributed by atoms with Crippen LogP contribution in [0.5, 0.6) is 5.75 Å². The molecule has 2 aromatic rings. The first-order valence-corrected chi connectivity index (χ1v) is 10.8. The number of hydrogen-bond donors (Lipinski definition) is 1. The van der Waals surface area contributed by atoms with E-state index < -0.39 is 11.5 Å². The minimum absolute atomic E-state index is 0.0898. The summed E-state index contributed by atoms with van der Waals surface area (Å²) in [6.45, 7) is 2.48. The second kappa shape index (κ2) is 9.37. The summed E-state index contributed by atoms with van der Waals surface area (Å²) in [5.41, 5.74) is -0.395. The number of hydrogen-bond acceptors (Lipinski definition) is 4. The molecule has 2 saturated heterocycles. The van der Waals surface area contributed by atoms with Gasteiger partial charge in [-0.15, -0.1) is 0 Å². The molecule has 0 aromatic heterocycles. The van der Waals surface area contributed by atoms with E-state index in [1.807, 2.05) is 18.2 Å². The fourth-order valence-electron chi connectivity index (χ4n) is 3.78. The first-order chi connectivity index (χ1) is 14.5. The number of epoxide rings is 1. The maximum atomic E-state index is 15.1. The van der Waals surface area contributed by atoms with Crippen molar-refractivity contribution >= 4 is 23.2 Å². The number of rotatable bonds is 8. The van der Waals surface area contributed by atoms with Crippen LogP contribution in [-0.2, 0) is 4.74 Å². The Labute approximate surface area is 185 Å². The van der Waals surface area contributed by atoms with Crippen molar-refractivity contribution in [1.82, 2.24) is 10.2 Å². The minimum atomic E-state index is -1.25. The third-order valence-corrected chi connectivity index (χ3v) is 6.21. The van der Waals surface area contributed by atoms with Gasteiger partial charge in [0.25, 0.3) is 0 Å². The Morgan fingerprint density at radius 2 is 1.90 bits per heavy atom. The number of ether oxygens (including phenoxy) is 2. The van der Waals surface area contributed by atoms with E-state index >= 15 is 4.39 Å². The molecule has 2 unspecified atom stereocenters. The zero-order valence-electron chi connectivity index (χ0n) is 16.4. The largest absolute Gasteiger partial charge is 0.491 e. The van der Waals surface area contributed by atoms with Gasteiger partial charge in [-0.3, -0.25) is 4.90 Å². The number of likely N-dealkylation sites (tertiary alicyclic amines) is 1. The molecule has 162 valence electrons. The lowest BCUT2D eigenvalue weighted by Crippen LogP contribution is -2.48. The van der Waals surface area contributed by atoms with Crippen molar-refractivity contribution in [3.63, 3.8) is 0 Å². The molecule has 2 aliphatic heterocycles. The molecule has 0 radical (unpaired) electrons. The molecular formula is C22H24Cl2F2N2O2. The second-order valence-corrected chi connectivity index (χ2v) is 8.58. The van der Waals surface area contributed by atoms with Crippen LogP contribution in [0.1, 0.15) is 24.5 Å². The van der Waals surface area contributed by atoms with E-state index in [1.165, 1.54) is 6.07 Å². The van der Waals surface area contributed by atoms with E-state index in [9.17, 15) is 4.39 Å². The third kappa shape index (κ3) is 5.24. The van der Waals surface area contributed by atoms with Crippen molar-refractivity contribution < 1.29 is 18.3 Å². The van der Waals surface area contributed by atoms with Crippen LogP contribution in [0.2, 0.25) is 10.0 Å². The van der Waals surface area contributed by atoms with Gasteiger partial charge in [0.05, 0.1) is 10.0 Å². The SMILES string of the molecule is Fc1ccc(C2OC2N2CCC(F)(CNCCOc3ccccc3Cl)CC2)cc1Cl. The third-order valence-electron chi connectivity index (χ3n) is 5.61. The Kier molecular flexibility index (Phi) is 6.80. The average Bonchev–Trinajstić information content (AvgIpc) is 3.52. The molecule has 0 bridgehead atoms. The van der Waals surface area contributed by atoms with Crippen LogP contribution >= 0.6 is 23.2 Å². The Morgan fingerprint density at radius 3 is 2.63 bits per heavy atom. The molecule has 0 amide bonds. The van der Waals surface area contributed by atoms with Crippen molar-refractivity contribution in [1.29, 1.82) is 0 Å². The summed E-state index contributed by atoms with van der Waals surface area (Å²) in [7, 11) is 0. The van der Waals surface area contributed by atoms with Gasteiger partial charge < -0.3 is 14.8 Å². The highest BCUT2D eigenvalue weighted by Gasteiger charge is 2.47. The molecule has 2 atom stereocenters. The highest BCUT2D eigenvalue weighted by molar-refractivity contribution is 6.32. The molecule has 4 nitrogen and oxygen atoms in total. The van der Waals surface area contributed by atoms with Crippen LogP contribution < -0.4 is 10.1 Å². The van der Waals surface area contributed by atoms with E-state index in [0.29, 0.717) is 49.9 Å². The number of benzene rings is 2. The number of piperidine rings is 1. The summed E-state index contributed by atoms with van der Waals surface area (Å²) in [4.78, 5) is 2.14. The van der Waals surface area contributed by atoms with Crippen molar-refractivity contribution in [2.24, 2.45) is 0 Å². The molecule has 2 aromatic carbocycles. The average molecular weight is 457 g/mol. The first kappa shape index (κ1) is 21.8. The van der Waals surface area contributed by atoms with Crippen LogP contribution in [0, 0.1) is 5.82 Å². The van der Waals surface area contributed by atoms with Gasteiger partial charge in [-0.25, -0.2) is 8.78 Å². The highest BCUT2D eigenvalue weighted by atomic mass is 35.5. The predicted molar refractivity (Wildman–Crippen MR) is 113 cm³/mol. The van der Waals surface area contributed by atoms with Crippen molar-refractivity contribution in [3.05, 3.63) is 63.9 Å². The van der Waals surface area contributed by atoms with E-state index in [2.05, 4.69) is 10.2 Å². The molecule has 4 rings (SSSR count). The van der Waals surface area contributed by atoms with Crippen molar-refractivity contribution in [3.8, 4) is 5.75 Å². The Morgan fingerprint density at radius 1 is 1.13 bits per heavy atom. The topological polar surface area (TPSA) is 37.0 Å². The van der Waals surface area contributed by atoms with Crippen LogP contribution in [0.3, 0.4) is 0 Å². The maximum Gasteiger partial charge on any atom is 0.142 e. The van der Waals surface area contributed by atoms with E-state index in [1.54, 1.807) is 18.2 Å². The van der Waals surface area contributed by atoms with E-state index in [-0.39, 0.29) is 23.9 Å². The first-order valence-electron chi connectivity index (χ1n) is 10.1. The number of alkyl halides is 1. The minimum Gasteiger partial charge on any atom is -0.491 e. The van der Waals surface area contributed by atoms with Gasteiger partial charge in [0.1, 0.15) is 36.2 Å². The zero-order valence-corrected chi connectivity index (χ0v) is 17.9. The lowest BCUT2D eigenvalue weighted by atomic mass is 9.93. The summed E-state index contributed by atoms with van der Waals surface area (Å²) in [6.07, 6.45) is 0.646. The number of halogens is 4. The fourth-order valence-corrected chi connectivity index (χ4v) is 4.16. The van der Waals surface area contributed by atoms with E-state index in [4.69, 9.17) is 32.7 Å². The molecule has 30 heavy (non-hydrogen) atoms. The molecule has 2 aliphatic rings. The van der Waals surface area contributed by atoms with Crippen LogP contribution in [0.15, 0.2) is 42.5 Å². The van der Waals surface area contributed by atoms with Crippen LogP contribution in [0.4, 0.5) is 8.78 Å². The summed E-state index contributed by atoms with van der Waals surface area (Å²) in [5.74, 6) is 0.188. The molecule has 0 saturated carbocycles. The molecule has 8 heteroatoms. The highest BCUT2D eigenvalue weighted by Crippen LogP contribution is 2.43. The Hall–Kier alpha value is -1.44. The van der Waals surface area contributed by atoms with Crippen LogP contribution in [0.25, 0.3) is 0 Å². The fraction of sp³-hybridized carbons (Fsp3) is 0.455. The monoisotopic (exact) mass is 456 g/mol. The maximum absolute atomic E-state index is 15.1. The summed E-state index contributed by atoms with van der Waals surface area (Å²) < 4.78 is 39.8. The Bertz CT molecular complexity index is 878. The van der Waals surface area contributed by atoms with Crippen LogP contribution in [-0.4, -0.2) is 49.6 Å². The number of nitrogens with one attached hydrogen (secondary N) is 1. The number of nitrogens with zero attached hydrogens (tertiary/aromatic N) is 1. The molecular weight excluding hydrogens is 433 g/mol. The molecule has 0 aliphatic carbocycles. The molecule has 1 N–H and O–H groups in total. The predicted octanol–water partition coefficient (Wildman–Crippen LogP) is 5.00. The van der Waals surface area contributed by atoms with E-state index in [0.717, 1.165) is 5.56 Å². The van der Waals surface area contributed by atoms with Gasteiger partial charge in [-0.1, -0.05) is 41.4 Å². The smallest absolute Gasteiger partial charge is 0.142 e. The molecule has 0 spiro atoms. The van der Waals surface area contributed by atoms with Gasteiger partial charge >= 0.3 is 0 Å². The standard InChI is InChI=1S/C22H24Cl2F2N2O2/c23-16-3-1-2-4-19(16)29-12-9-27-14-22(26)7-10-28(11-8-22)21-20(30-21)15-5-6-18(25)17(24)13-15/h1-6,13,20-21,27H,7-12,14H2. The van der Waals surface area contributed by atoms with Gasteiger partial charge in [-0.05, 0) is 42.7 Å². The summed E-state index contributed by atoms with van der Waals surface area (Å²) in [5, 5.41) is 3.80. The quantitative estimate of drug-likeness (QED) is 0.447. The zero-order chi connectivity index (χ0) is 21.1. The summed E-state index contributed by atoms with van der Waals surface area (Å²) >= 11 is 11.9. The molecule has 2 heterocycles. The number of para-hydroxylation sites is 1. The molecule has 2 fully saturated rings. The van der Waals surface area contributed by atoms with Crippen molar-refractivity contribution in [2.75, 3.05) is 32.8 Å². The lowest BCUT2D eigenvalue weighted by Gasteiger charge is -2.36. The van der Waals surface area contributed by atoms with Gasteiger partial charge in [0.2, 0.25) is 0 Å². The summed E-state index contributed by atoms with van der Waals surface area (Å²) in [6, 6.07) is 11.9. The second-order valence-electron chi connectivity index (χ2n) is 7.76. The van der Waals surface area contributed by atoms with Gasteiger partial charge in [0.15, 0.2) is 0 Å². The van der Waals surface area contributed by atoms with Gasteiger partial charge in [-0.2, -0.15) is 0 Å². The normalized spacial score (nSPS) is 23.3.